The maximum absolute atomic E-state index is 10.7. The standard InChI is InChI=1S/C6H6N4O/c11-6-5-9-3-1-2-4-10(9)8-7-6/h1-4H,5H2. The average Bonchev–Trinajstić information content (AvgIpc) is 2.04. The van der Waals surface area contributed by atoms with Crippen LogP contribution in [-0.4, -0.2) is 22.6 Å². The molecule has 5 nitrogen and oxygen atoms in total. The van der Waals surface area contributed by atoms with Crippen molar-refractivity contribution < 1.29 is 4.79 Å². The maximum Gasteiger partial charge on any atom is 0.287 e. The van der Waals surface area contributed by atoms with Gasteiger partial charge in [-0.05, 0) is 17.4 Å². The van der Waals surface area contributed by atoms with E-state index in [9.17, 15) is 4.79 Å². The van der Waals surface area contributed by atoms with E-state index in [0.717, 1.165) is 0 Å². The van der Waals surface area contributed by atoms with E-state index >= 15 is 0 Å². The molecule has 0 atom stereocenters. The summed E-state index contributed by atoms with van der Waals surface area (Å²) in [6.07, 6.45) is 7.17. The summed E-state index contributed by atoms with van der Waals surface area (Å²) in [6.45, 7) is 0.268. The van der Waals surface area contributed by atoms with Crippen LogP contribution in [0.3, 0.4) is 0 Å². The number of fused-ring (bicyclic) bond motifs is 1. The number of carbonyl (C=O) groups excluding carboxylic acids is 1. The van der Waals surface area contributed by atoms with E-state index in [0.29, 0.717) is 0 Å². The lowest BCUT2D eigenvalue weighted by molar-refractivity contribution is -0.125. The minimum atomic E-state index is -0.221. The quantitative estimate of drug-likeness (QED) is 0.503. The summed E-state index contributed by atoms with van der Waals surface area (Å²) < 4.78 is 0. The Balaban J connectivity index is 2.26. The highest BCUT2D eigenvalue weighted by molar-refractivity contribution is 5.78. The van der Waals surface area contributed by atoms with Crippen molar-refractivity contribution in [2.24, 2.45) is 10.3 Å². The van der Waals surface area contributed by atoms with Gasteiger partial charge in [-0.25, -0.2) is 0 Å². The normalized spacial score (nSPS) is 20.9. The van der Waals surface area contributed by atoms with Gasteiger partial charge in [0.25, 0.3) is 5.91 Å². The van der Waals surface area contributed by atoms with Gasteiger partial charge in [0.1, 0.15) is 6.54 Å². The second kappa shape index (κ2) is 2.19. The Morgan fingerprint density at radius 2 is 2.18 bits per heavy atom. The van der Waals surface area contributed by atoms with Crippen LogP contribution in [0.1, 0.15) is 0 Å². The second-order valence-corrected chi connectivity index (χ2v) is 2.18. The van der Waals surface area contributed by atoms with Gasteiger partial charge in [-0.1, -0.05) is 5.11 Å². The first-order valence-electron chi connectivity index (χ1n) is 3.21. The highest BCUT2D eigenvalue weighted by atomic mass is 16.2. The van der Waals surface area contributed by atoms with E-state index in [1.807, 2.05) is 12.2 Å². The van der Waals surface area contributed by atoms with Gasteiger partial charge in [-0.15, -0.1) is 0 Å². The third kappa shape index (κ3) is 1.000. The highest BCUT2D eigenvalue weighted by Crippen LogP contribution is 2.11. The van der Waals surface area contributed by atoms with Crippen molar-refractivity contribution in [3.05, 3.63) is 24.6 Å². The molecule has 5 heteroatoms. The van der Waals surface area contributed by atoms with Crippen LogP contribution in [-0.2, 0) is 4.79 Å². The first-order chi connectivity index (χ1) is 5.36. The summed E-state index contributed by atoms with van der Waals surface area (Å²) in [6, 6.07) is 0. The molecular formula is C6H6N4O. The fourth-order valence-corrected chi connectivity index (χ4v) is 0.902. The zero-order chi connectivity index (χ0) is 7.68. The van der Waals surface area contributed by atoms with Crippen LogP contribution in [0.4, 0.5) is 0 Å². The minimum Gasteiger partial charge on any atom is -0.269 e. The molecule has 0 saturated heterocycles. The molecule has 2 heterocycles. The van der Waals surface area contributed by atoms with Crippen LogP contribution >= 0.6 is 0 Å². The summed E-state index contributed by atoms with van der Waals surface area (Å²) >= 11 is 0. The number of hydrogen-bond donors (Lipinski definition) is 0. The molecule has 0 saturated carbocycles. The van der Waals surface area contributed by atoms with Crippen molar-refractivity contribution in [1.82, 2.24) is 10.1 Å². The van der Waals surface area contributed by atoms with Crippen LogP contribution in [0.25, 0.3) is 0 Å². The van der Waals surface area contributed by atoms with Gasteiger partial charge in [-0.3, -0.25) is 9.80 Å². The highest BCUT2D eigenvalue weighted by Gasteiger charge is 2.18. The van der Waals surface area contributed by atoms with E-state index in [2.05, 4.69) is 10.3 Å². The number of amides is 1. The molecule has 2 aliphatic rings. The molecule has 2 rings (SSSR count). The Hall–Kier alpha value is -1.65. The number of hydrogen-bond acceptors (Lipinski definition) is 4. The van der Waals surface area contributed by atoms with Gasteiger partial charge >= 0.3 is 0 Å². The SMILES string of the molecule is O=C1CN2C=CC=CN2N=N1. The van der Waals surface area contributed by atoms with Crippen LogP contribution in [0, 0.1) is 0 Å². The number of nitrogens with zero attached hydrogens (tertiary/aromatic N) is 4. The van der Waals surface area contributed by atoms with Crippen molar-refractivity contribution in [2.45, 2.75) is 0 Å². The lowest BCUT2D eigenvalue weighted by atomic mass is 10.5. The lowest BCUT2D eigenvalue weighted by Gasteiger charge is -2.30. The summed E-state index contributed by atoms with van der Waals surface area (Å²) in [4.78, 5) is 10.7. The Morgan fingerprint density at radius 3 is 3.09 bits per heavy atom. The van der Waals surface area contributed by atoms with Crippen molar-refractivity contribution >= 4 is 5.91 Å². The molecule has 0 radical (unpaired) electrons. The first-order valence-corrected chi connectivity index (χ1v) is 3.21. The van der Waals surface area contributed by atoms with Gasteiger partial charge in [0.2, 0.25) is 0 Å². The summed E-state index contributed by atoms with van der Waals surface area (Å²) in [5, 5.41) is 10.2. The van der Waals surface area contributed by atoms with E-state index in [-0.39, 0.29) is 12.5 Å². The fraction of sp³-hybridized carbons (Fsp3) is 0.167. The van der Waals surface area contributed by atoms with Crippen molar-refractivity contribution in [1.29, 1.82) is 0 Å². The summed E-state index contributed by atoms with van der Waals surface area (Å²) in [5.74, 6) is -0.221. The van der Waals surface area contributed by atoms with Crippen LogP contribution in [0.2, 0.25) is 0 Å². The van der Waals surface area contributed by atoms with E-state index in [4.69, 9.17) is 0 Å². The number of hydrazine groups is 1. The Morgan fingerprint density at radius 1 is 1.36 bits per heavy atom. The molecule has 56 valence electrons. The Labute approximate surface area is 63.2 Å². The van der Waals surface area contributed by atoms with Crippen LogP contribution in [0.15, 0.2) is 34.9 Å². The van der Waals surface area contributed by atoms with Crippen LogP contribution < -0.4 is 0 Å². The molecule has 0 aromatic rings. The monoisotopic (exact) mass is 150 g/mol. The molecule has 1 amide bonds. The zero-order valence-corrected chi connectivity index (χ0v) is 5.71. The maximum atomic E-state index is 10.7. The molecule has 0 N–H and O–H groups in total. The predicted molar refractivity (Wildman–Crippen MR) is 36.7 cm³/mol. The third-order valence-electron chi connectivity index (χ3n) is 1.40. The predicted octanol–water partition coefficient (Wildman–Crippen LogP) is 0.454. The second-order valence-electron chi connectivity index (χ2n) is 2.18. The molecule has 0 bridgehead atoms. The van der Waals surface area contributed by atoms with Gasteiger partial charge in [0.15, 0.2) is 0 Å². The lowest BCUT2D eigenvalue weighted by Crippen LogP contribution is -2.38. The van der Waals surface area contributed by atoms with Crippen LogP contribution in [0.5, 0.6) is 0 Å². The fourth-order valence-electron chi connectivity index (χ4n) is 0.902. The van der Waals surface area contributed by atoms with Gasteiger partial charge in [-0.2, -0.15) is 5.12 Å². The Bertz CT molecular complexity index is 268. The molecule has 0 fully saturated rings. The van der Waals surface area contributed by atoms with Crippen molar-refractivity contribution in [3.8, 4) is 0 Å². The third-order valence-corrected chi connectivity index (χ3v) is 1.40. The van der Waals surface area contributed by atoms with Crippen molar-refractivity contribution in [2.75, 3.05) is 6.54 Å². The molecule has 0 unspecified atom stereocenters. The topological polar surface area (TPSA) is 48.3 Å². The first kappa shape index (κ1) is 6.09. The minimum absolute atomic E-state index is 0.221. The molecule has 0 aromatic heterocycles. The zero-order valence-electron chi connectivity index (χ0n) is 5.71. The molecule has 0 aromatic carbocycles. The molecule has 0 spiro atoms. The van der Waals surface area contributed by atoms with Gasteiger partial charge < -0.3 is 0 Å². The average molecular weight is 150 g/mol. The van der Waals surface area contributed by atoms with E-state index < -0.39 is 0 Å². The molecule has 2 aliphatic heterocycles. The van der Waals surface area contributed by atoms with E-state index in [1.165, 1.54) is 5.12 Å². The summed E-state index contributed by atoms with van der Waals surface area (Å²) in [5.41, 5.74) is 0. The summed E-state index contributed by atoms with van der Waals surface area (Å²) in [7, 11) is 0. The number of carbonyl (C=O) groups is 1. The smallest absolute Gasteiger partial charge is 0.269 e. The molecule has 0 aliphatic carbocycles. The molecule has 11 heavy (non-hydrogen) atoms. The number of allylic oxidation sites excluding steroid dienone is 2. The van der Waals surface area contributed by atoms with Gasteiger partial charge in [0, 0.05) is 12.4 Å². The van der Waals surface area contributed by atoms with Gasteiger partial charge in [0.05, 0.1) is 0 Å². The number of rotatable bonds is 0. The molecular weight excluding hydrogens is 144 g/mol. The van der Waals surface area contributed by atoms with Crippen molar-refractivity contribution in [3.63, 3.8) is 0 Å². The Kier molecular flexibility index (Phi) is 1.21. The van der Waals surface area contributed by atoms with E-state index in [1.54, 1.807) is 17.4 Å². The largest absolute Gasteiger partial charge is 0.287 e.